The fraction of sp³-hybridized carbons (Fsp3) is 0.176. The van der Waals surface area contributed by atoms with Crippen molar-refractivity contribution in [1.29, 1.82) is 0 Å². The zero-order valence-corrected chi connectivity index (χ0v) is 14.2. The largest absolute Gasteiger partial charge is 0.483 e. The van der Waals surface area contributed by atoms with E-state index in [0.29, 0.717) is 5.75 Å². The lowest BCUT2D eigenvalue weighted by Crippen LogP contribution is -2.31. The summed E-state index contributed by atoms with van der Waals surface area (Å²) in [4.78, 5) is 23.3. The number of para-hydroxylation sites is 1. The molecule has 3 N–H and O–H groups in total. The van der Waals surface area contributed by atoms with Gasteiger partial charge in [-0.15, -0.1) is 0 Å². The summed E-state index contributed by atoms with van der Waals surface area (Å²) in [6.07, 6.45) is 0. The summed E-state index contributed by atoms with van der Waals surface area (Å²) < 4.78 is 6.37. The van der Waals surface area contributed by atoms with Gasteiger partial charge in [0.25, 0.3) is 11.8 Å². The Labute approximate surface area is 143 Å². The Bertz CT molecular complexity index is 701. The van der Waals surface area contributed by atoms with Crippen molar-refractivity contribution < 1.29 is 14.3 Å². The molecule has 0 radical (unpaired) electrons. The fourth-order valence-corrected chi connectivity index (χ4v) is 2.32. The highest BCUT2D eigenvalue weighted by molar-refractivity contribution is 9.10. The highest BCUT2D eigenvalue weighted by atomic mass is 79.9. The van der Waals surface area contributed by atoms with Gasteiger partial charge in [0.05, 0.1) is 11.6 Å². The molecular formula is C17H17BrN2O3. The normalized spacial score (nSPS) is 11.6. The van der Waals surface area contributed by atoms with Gasteiger partial charge in [0, 0.05) is 4.47 Å². The van der Waals surface area contributed by atoms with Crippen LogP contribution in [0.5, 0.6) is 5.75 Å². The van der Waals surface area contributed by atoms with Crippen molar-refractivity contribution in [1.82, 2.24) is 5.32 Å². The number of primary amides is 1. The van der Waals surface area contributed by atoms with Crippen molar-refractivity contribution in [2.45, 2.75) is 13.0 Å². The average Bonchev–Trinajstić information content (AvgIpc) is 2.53. The van der Waals surface area contributed by atoms with Gasteiger partial charge in [0.2, 0.25) is 0 Å². The van der Waals surface area contributed by atoms with E-state index in [2.05, 4.69) is 21.2 Å². The number of hydrogen-bond acceptors (Lipinski definition) is 3. The maximum atomic E-state index is 12.0. The number of amides is 2. The third-order valence-electron chi connectivity index (χ3n) is 3.26. The first-order valence-corrected chi connectivity index (χ1v) is 7.83. The number of ether oxygens (including phenoxy) is 1. The number of benzene rings is 2. The summed E-state index contributed by atoms with van der Waals surface area (Å²) in [6.45, 7) is 1.70. The van der Waals surface area contributed by atoms with E-state index in [1.807, 2.05) is 31.2 Å². The van der Waals surface area contributed by atoms with Gasteiger partial charge in [-0.05, 0) is 36.8 Å². The highest BCUT2D eigenvalue weighted by Crippen LogP contribution is 2.18. The van der Waals surface area contributed by atoms with Crippen LogP contribution in [-0.2, 0) is 4.79 Å². The summed E-state index contributed by atoms with van der Waals surface area (Å²) in [5, 5.41) is 2.84. The summed E-state index contributed by atoms with van der Waals surface area (Å²) in [5.41, 5.74) is 6.50. The van der Waals surface area contributed by atoms with Gasteiger partial charge in [-0.1, -0.05) is 40.2 Å². The van der Waals surface area contributed by atoms with Crippen LogP contribution in [0.15, 0.2) is 53.0 Å². The van der Waals surface area contributed by atoms with E-state index < -0.39 is 5.91 Å². The van der Waals surface area contributed by atoms with Crippen LogP contribution in [0, 0.1) is 0 Å². The van der Waals surface area contributed by atoms with Gasteiger partial charge >= 0.3 is 0 Å². The Morgan fingerprint density at radius 1 is 1.17 bits per heavy atom. The van der Waals surface area contributed by atoms with Crippen LogP contribution < -0.4 is 15.8 Å². The van der Waals surface area contributed by atoms with Gasteiger partial charge < -0.3 is 15.8 Å². The molecule has 0 aliphatic rings. The zero-order valence-electron chi connectivity index (χ0n) is 12.6. The average molecular weight is 377 g/mol. The van der Waals surface area contributed by atoms with Crippen molar-refractivity contribution in [3.63, 3.8) is 0 Å². The van der Waals surface area contributed by atoms with E-state index in [4.69, 9.17) is 10.5 Å². The predicted octanol–water partition coefficient (Wildman–Crippen LogP) is 2.80. The van der Waals surface area contributed by atoms with E-state index in [9.17, 15) is 9.59 Å². The molecule has 23 heavy (non-hydrogen) atoms. The van der Waals surface area contributed by atoms with Crippen LogP contribution in [0.2, 0.25) is 0 Å². The van der Waals surface area contributed by atoms with Crippen LogP contribution in [0.1, 0.15) is 28.9 Å². The second-order valence-electron chi connectivity index (χ2n) is 4.99. The number of hydrogen-bond donors (Lipinski definition) is 2. The van der Waals surface area contributed by atoms with Crippen molar-refractivity contribution in [2.24, 2.45) is 5.73 Å². The number of carbonyl (C=O) groups is 2. The summed E-state index contributed by atoms with van der Waals surface area (Å²) in [7, 11) is 0. The predicted molar refractivity (Wildman–Crippen MR) is 91.2 cm³/mol. The van der Waals surface area contributed by atoms with Gasteiger partial charge in [0.15, 0.2) is 6.61 Å². The van der Waals surface area contributed by atoms with Crippen molar-refractivity contribution in [2.75, 3.05) is 6.61 Å². The fourth-order valence-electron chi connectivity index (χ4n) is 2.06. The quantitative estimate of drug-likeness (QED) is 0.812. The first-order chi connectivity index (χ1) is 11.0. The molecule has 1 atom stereocenters. The second kappa shape index (κ2) is 7.78. The van der Waals surface area contributed by atoms with E-state index >= 15 is 0 Å². The Kier molecular flexibility index (Phi) is 5.76. The molecule has 2 aromatic rings. The van der Waals surface area contributed by atoms with Gasteiger partial charge in [0.1, 0.15) is 5.75 Å². The Hall–Kier alpha value is -2.34. The molecule has 0 aliphatic carbocycles. The number of carbonyl (C=O) groups excluding carboxylic acids is 2. The van der Waals surface area contributed by atoms with Crippen molar-refractivity contribution >= 4 is 27.7 Å². The van der Waals surface area contributed by atoms with Gasteiger partial charge in [-0.25, -0.2) is 0 Å². The number of nitrogens with two attached hydrogens (primary N) is 1. The first kappa shape index (κ1) is 17.0. The molecule has 120 valence electrons. The minimum Gasteiger partial charge on any atom is -0.483 e. The van der Waals surface area contributed by atoms with Crippen molar-refractivity contribution in [3.05, 3.63) is 64.1 Å². The smallest absolute Gasteiger partial charge is 0.258 e. The van der Waals surface area contributed by atoms with E-state index in [-0.39, 0.29) is 24.1 Å². The molecule has 0 spiro atoms. The monoisotopic (exact) mass is 376 g/mol. The summed E-state index contributed by atoms with van der Waals surface area (Å²) in [5.74, 6) is -0.574. The second-order valence-corrected chi connectivity index (χ2v) is 5.91. The highest BCUT2D eigenvalue weighted by Gasteiger charge is 2.12. The van der Waals surface area contributed by atoms with Crippen molar-refractivity contribution in [3.8, 4) is 5.75 Å². The lowest BCUT2D eigenvalue weighted by atomic mass is 10.1. The molecule has 0 heterocycles. The van der Waals surface area contributed by atoms with Gasteiger partial charge in [-0.2, -0.15) is 0 Å². The zero-order chi connectivity index (χ0) is 16.8. The van der Waals surface area contributed by atoms with Crippen LogP contribution in [0.3, 0.4) is 0 Å². The Morgan fingerprint density at radius 2 is 1.83 bits per heavy atom. The van der Waals surface area contributed by atoms with Crippen LogP contribution in [-0.4, -0.2) is 18.4 Å². The molecule has 0 fully saturated rings. The first-order valence-electron chi connectivity index (χ1n) is 7.04. The lowest BCUT2D eigenvalue weighted by molar-refractivity contribution is -0.123. The SMILES string of the molecule is C[C@@H](NC(=O)COc1ccccc1C(N)=O)c1ccc(Br)cc1. The molecule has 0 saturated carbocycles. The molecule has 2 amide bonds. The van der Waals surface area contributed by atoms with E-state index in [1.54, 1.807) is 24.3 Å². The summed E-state index contributed by atoms with van der Waals surface area (Å²) >= 11 is 3.37. The Balaban J connectivity index is 1.93. The number of halogens is 1. The van der Waals surface area contributed by atoms with E-state index in [1.165, 1.54) is 0 Å². The molecule has 0 aromatic heterocycles. The topological polar surface area (TPSA) is 81.4 Å². The molecule has 0 aliphatic heterocycles. The molecular weight excluding hydrogens is 360 g/mol. The van der Waals surface area contributed by atoms with Gasteiger partial charge in [-0.3, -0.25) is 9.59 Å². The maximum absolute atomic E-state index is 12.0. The standard InChI is InChI=1S/C17H17BrN2O3/c1-11(12-6-8-13(18)9-7-12)20-16(21)10-23-15-5-3-2-4-14(15)17(19)22/h2-9,11H,10H2,1H3,(H2,19,22)(H,20,21)/t11-/m1/s1. The molecule has 0 bridgehead atoms. The Morgan fingerprint density at radius 3 is 2.48 bits per heavy atom. The molecule has 6 heteroatoms. The molecule has 2 rings (SSSR count). The van der Waals surface area contributed by atoms with Crippen LogP contribution in [0.4, 0.5) is 0 Å². The maximum Gasteiger partial charge on any atom is 0.258 e. The number of rotatable bonds is 6. The molecule has 0 saturated heterocycles. The summed E-state index contributed by atoms with van der Waals surface area (Å²) in [6, 6.07) is 14.1. The molecule has 2 aromatic carbocycles. The van der Waals surface area contributed by atoms with Crippen LogP contribution >= 0.6 is 15.9 Å². The third-order valence-corrected chi connectivity index (χ3v) is 3.79. The molecule has 0 unspecified atom stereocenters. The molecule has 5 nitrogen and oxygen atoms in total. The van der Waals surface area contributed by atoms with E-state index in [0.717, 1.165) is 10.0 Å². The van der Waals surface area contributed by atoms with Crippen LogP contribution in [0.25, 0.3) is 0 Å². The minimum atomic E-state index is -0.593. The number of nitrogens with one attached hydrogen (secondary N) is 1. The minimum absolute atomic E-state index is 0.148. The lowest BCUT2D eigenvalue weighted by Gasteiger charge is -2.15. The third kappa shape index (κ3) is 4.82.